The Kier molecular flexibility index (Phi) is 12.8. The van der Waals surface area contributed by atoms with Gasteiger partial charge in [-0.05, 0) is 68.3 Å². The van der Waals surface area contributed by atoms with E-state index in [1.165, 1.54) is 20.4 Å². The number of hydrogen-bond donors (Lipinski definition) is 4. The Bertz CT molecular complexity index is 1690. The zero-order valence-electron chi connectivity index (χ0n) is 27.9. The number of para-hydroxylation sites is 1. The number of hydrogen-bond acceptors (Lipinski definition) is 12. The number of benzene rings is 3. The molecule has 14 heteroatoms. The third-order valence-electron chi connectivity index (χ3n) is 7.18. The maximum absolute atomic E-state index is 12.5. The highest BCUT2D eigenvalue weighted by molar-refractivity contribution is 5.95. The van der Waals surface area contributed by atoms with Crippen LogP contribution in [0.3, 0.4) is 0 Å². The molecule has 0 aliphatic carbocycles. The lowest BCUT2D eigenvalue weighted by Crippen LogP contribution is -2.45. The summed E-state index contributed by atoms with van der Waals surface area (Å²) in [5.41, 5.74) is 5.68. The number of ether oxygens (including phenoxy) is 6. The van der Waals surface area contributed by atoms with E-state index in [2.05, 4.69) is 21.2 Å². The molecule has 0 fully saturated rings. The minimum absolute atomic E-state index is 0.194. The molecule has 0 bridgehead atoms. The molecule has 0 unspecified atom stereocenters. The third-order valence-corrected chi connectivity index (χ3v) is 7.18. The summed E-state index contributed by atoms with van der Waals surface area (Å²) in [7, 11) is 2.79. The van der Waals surface area contributed by atoms with Crippen LogP contribution in [-0.2, 0) is 20.9 Å². The van der Waals surface area contributed by atoms with Gasteiger partial charge in [-0.2, -0.15) is 5.10 Å². The van der Waals surface area contributed by atoms with Gasteiger partial charge in [0.25, 0.3) is 0 Å². The second-order valence-electron chi connectivity index (χ2n) is 10.5. The van der Waals surface area contributed by atoms with Gasteiger partial charge in [0.2, 0.25) is 0 Å². The summed E-state index contributed by atoms with van der Waals surface area (Å²) < 4.78 is 33.1. The third kappa shape index (κ3) is 9.41. The molecule has 0 spiro atoms. The lowest BCUT2D eigenvalue weighted by Gasteiger charge is -2.28. The molecule has 4 N–H and O–H groups in total. The number of aliphatic hydroxyl groups excluding tert-OH is 1. The van der Waals surface area contributed by atoms with Crippen LogP contribution >= 0.6 is 0 Å². The molecule has 0 radical (unpaired) electrons. The fourth-order valence-electron chi connectivity index (χ4n) is 4.87. The summed E-state index contributed by atoms with van der Waals surface area (Å²) in [4.78, 5) is 36.6. The quantitative estimate of drug-likeness (QED) is 0.0748. The lowest BCUT2D eigenvalue weighted by atomic mass is 9.95. The normalized spacial score (nSPS) is 14.7. The SMILES string of the molecule is CCOC(=O)c1ccc(COc2c(/C=N/N[C@@H](O)COc3ccc([C@@H]4NC(=O)NC(C)=C4C(=O)OC)cc3OCC)cccc2OC)cc1. The number of nitrogens with one attached hydrogen (secondary N) is 3. The van der Waals surface area contributed by atoms with Crippen molar-refractivity contribution < 1.29 is 47.9 Å². The average Bonchev–Trinajstić information content (AvgIpc) is 3.10. The highest BCUT2D eigenvalue weighted by Gasteiger charge is 2.32. The van der Waals surface area contributed by atoms with Gasteiger partial charge in [0, 0.05) is 11.3 Å². The molecule has 1 aliphatic heterocycles. The number of carbonyl (C=O) groups excluding carboxylic acids is 3. The molecule has 3 aromatic carbocycles. The highest BCUT2D eigenvalue weighted by atomic mass is 16.5. The van der Waals surface area contributed by atoms with E-state index in [0.29, 0.717) is 58.6 Å². The minimum atomic E-state index is -1.21. The Balaban J connectivity index is 1.40. The standard InChI is InChI=1S/C35H40N4O10/c1-6-46-28-17-24(31-30(34(42)45-5)21(3)37-35(43)38-31)15-16-26(28)48-20-29(40)39-36-18-25-9-8-10-27(44-4)32(25)49-19-22-11-13-23(14-12-22)33(41)47-7-2/h8-18,29,31,39-40H,6-7,19-20H2,1-5H3,(H2,37,38,43)/b36-18+/t29-,31-/m0/s1. The predicted molar refractivity (Wildman–Crippen MR) is 179 cm³/mol. The molecule has 3 aromatic rings. The van der Waals surface area contributed by atoms with Gasteiger partial charge in [-0.15, -0.1) is 0 Å². The fraction of sp³-hybridized carbons (Fsp3) is 0.314. The number of esters is 2. The van der Waals surface area contributed by atoms with E-state index in [-0.39, 0.29) is 18.8 Å². The molecule has 1 heterocycles. The maximum atomic E-state index is 12.5. The van der Waals surface area contributed by atoms with Gasteiger partial charge in [0.15, 0.2) is 29.2 Å². The number of rotatable bonds is 16. The van der Waals surface area contributed by atoms with E-state index < -0.39 is 30.2 Å². The Morgan fingerprint density at radius 2 is 1.73 bits per heavy atom. The maximum Gasteiger partial charge on any atom is 0.338 e. The van der Waals surface area contributed by atoms with E-state index in [1.807, 2.05) is 0 Å². The topological polar surface area (TPSA) is 175 Å². The first-order valence-electron chi connectivity index (χ1n) is 15.5. The fourth-order valence-corrected chi connectivity index (χ4v) is 4.87. The predicted octanol–water partition coefficient (Wildman–Crippen LogP) is 3.97. The molecule has 49 heavy (non-hydrogen) atoms. The summed E-state index contributed by atoms with van der Waals surface area (Å²) in [5.74, 6) is 0.614. The summed E-state index contributed by atoms with van der Waals surface area (Å²) in [5, 5.41) is 20.1. The molecular weight excluding hydrogens is 636 g/mol. The lowest BCUT2D eigenvalue weighted by molar-refractivity contribution is -0.136. The molecule has 260 valence electrons. The largest absolute Gasteiger partial charge is 0.493 e. The van der Waals surface area contributed by atoms with Crippen molar-refractivity contribution in [2.75, 3.05) is 34.0 Å². The highest BCUT2D eigenvalue weighted by Crippen LogP contribution is 2.35. The first-order chi connectivity index (χ1) is 23.7. The van der Waals surface area contributed by atoms with Gasteiger partial charge in [-0.1, -0.05) is 24.3 Å². The van der Waals surface area contributed by atoms with Crippen LogP contribution in [0.5, 0.6) is 23.0 Å². The van der Waals surface area contributed by atoms with Crippen LogP contribution in [0.2, 0.25) is 0 Å². The zero-order valence-corrected chi connectivity index (χ0v) is 27.9. The van der Waals surface area contributed by atoms with E-state index in [9.17, 15) is 19.5 Å². The minimum Gasteiger partial charge on any atom is -0.493 e. The smallest absolute Gasteiger partial charge is 0.338 e. The second kappa shape index (κ2) is 17.4. The first kappa shape index (κ1) is 36.1. The summed E-state index contributed by atoms with van der Waals surface area (Å²) in [6.07, 6.45) is 0.270. The molecule has 1 aliphatic rings. The van der Waals surface area contributed by atoms with E-state index >= 15 is 0 Å². The number of amides is 2. The van der Waals surface area contributed by atoms with Crippen molar-refractivity contribution in [2.45, 2.75) is 39.6 Å². The van der Waals surface area contributed by atoms with Crippen molar-refractivity contribution in [3.05, 3.63) is 94.2 Å². The van der Waals surface area contributed by atoms with Crippen molar-refractivity contribution in [1.82, 2.24) is 16.1 Å². The zero-order chi connectivity index (χ0) is 35.3. The van der Waals surface area contributed by atoms with Crippen LogP contribution in [-0.4, -0.2) is 69.6 Å². The summed E-state index contributed by atoms with van der Waals surface area (Å²) in [6, 6.07) is 15.9. The van der Waals surface area contributed by atoms with Crippen LogP contribution < -0.4 is 35.0 Å². The molecular formula is C35H40N4O10. The number of methoxy groups -OCH3 is 2. The van der Waals surface area contributed by atoms with Crippen molar-refractivity contribution in [3.63, 3.8) is 0 Å². The van der Waals surface area contributed by atoms with E-state index in [0.717, 1.165) is 5.56 Å². The molecule has 14 nitrogen and oxygen atoms in total. The number of carbonyl (C=O) groups is 3. The Morgan fingerprint density at radius 3 is 2.43 bits per heavy atom. The van der Waals surface area contributed by atoms with Crippen molar-refractivity contribution in [2.24, 2.45) is 5.10 Å². The second-order valence-corrected chi connectivity index (χ2v) is 10.5. The molecule has 0 saturated heterocycles. The van der Waals surface area contributed by atoms with E-state index in [1.54, 1.807) is 81.4 Å². The van der Waals surface area contributed by atoms with Gasteiger partial charge < -0.3 is 44.2 Å². The van der Waals surface area contributed by atoms with E-state index in [4.69, 9.17) is 28.4 Å². The van der Waals surface area contributed by atoms with Crippen molar-refractivity contribution in [1.29, 1.82) is 0 Å². The molecule has 2 atom stereocenters. The number of aliphatic hydroxyl groups is 1. The van der Waals surface area contributed by atoms with Crippen LogP contribution in [0.4, 0.5) is 4.79 Å². The van der Waals surface area contributed by atoms with Gasteiger partial charge >= 0.3 is 18.0 Å². The Hall–Kier alpha value is -5.76. The summed E-state index contributed by atoms with van der Waals surface area (Å²) in [6.45, 7) is 5.77. The van der Waals surface area contributed by atoms with Crippen molar-refractivity contribution in [3.8, 4) is 23.0 Å². The Labute approximate surface area is 284 Å². The monoisotopic (exact) mass is 676 g/mol. The van der Waals surface area contributed by atoms with Gasteiger partial charge in [-0.25, -0.2) is 14.4 Å². The van der Waals surface area contributed by atoms with Crippen LogP contribution in [0, 0.1) is 0 Å². The van der Waals surface area contributed by atoms with Crippen LogP contribution in [0.25, 0.3) is 0 Å². The number of nitrogens with zero attached hydrogens (tertiary/aromatic N) is 1. The molecule has 2 amide bonds. The average molecular weight is 677 g/mol. The number of urea groups is 1. The summed E-state index contributed by atoms with van der Waals surface area (Å²) >= 11 is 0. The van der Waals surface area contributed by atoms with Gasteiger partial charge in [-0.3, -0.25) is 5.43 Å². The van der Waals surface area contributed by atoms with Crippen molar-refractivity contribution >= 4 is 24.2 Å². The Morgan fingerprint density at radius 1 is 0.959 bits per heavy atom. The van der Waals surface area contributed by atoms with Gasteiger partial charge in [0.05, 0.1) is 50.8 Å². The van der Waals surface area contributed by atoms with Crippen LogP contribution in [0.15, 0.2) is 77.0 Å². The van der Waals surface area contributed by atoms with Crippen LogP contribution in [0.1, 0.15) is 53.9 Å². The van der Waals surface area contributed by atoms with Gasteiger partial charge in [0.1, 0.15) is 13.2 Å². The molecule has 0 aromatic heterocycles. The number of allylic oxidation sites excluding steroid dienone is 1. The first-order valence-corrected chi connectivity index (χ1v) is 15.5. The molecule has 4 rings (SSSR count). The number of hydrazone groups is 1. The molecule has 0 saturated carbocycles.